The van der Waals surface area contributed by atoms with Gasteiger partial charge in [0.1, 0.15) is 11.8 Å². The Labute approximate surface area is 131 Å². The third-order valence-corrected chi connectivity index (χ3v) is 3.19. The maximum atomic E-state index is 11.7. The van der Waals surface area contributed by atoms with Crippen LogP contribution in [-0.4, -0.2) is 29.6 Å². The van der Waals surface area contributed by atoms with Crippen LogP contribution in [-0.2, 0) is 9.59 Å². The molecule has 0 bridgehead atoms. The standard InChI is InChI=1S/C17H23NO4/c1-3-4-9-14(17(20)21)18-16(19)11-7-12-22-15-10-6-5-8-13(15)2/h3,5-6,8,10,14H,1,4,7,9,11-12H2,2H3,(H,18,19)(H,20,21). The van der Waals surface area contributed by atoms with Crippen molar-refractivity contribution < 1.29 is 19.4 Å². The number of aryl methyl sites for hydroxylation is 1. The van der Waals surface area contributed by atoms with E-state index in [-0.39, 0.29) is 12.3 Å². The number of hydrogen-bond donors (Lipinski definition) is 2. The van der Waals surface area contributed by atoms with E-state index in [0.717, 1.165) is 11.3 Å². The number of nitrogens with one attached hydrogen (secondary N) is 1. The highest BCUT2D eigenvalue weighted by Crippen LogP contribution is 2.16. The first-order chi connectivity index (χ1) is 10.5. The molecular formula is C17H23NO4. The van der Waals surface area contributed by atoms with Crippen LogP contribution in [0.5, 0.6) is 5.75 Å². The summed E-state index contributed by atoms with van der Waals surface area (Å²) in [6.45, 7) is 5.92. The molecule has 0 spiro atoms. The second-order valence-electron chi connectivity index (χ2n) is 5.04. The fourth-order valence-corrected chi connectivity index (χ4v) is 1.94. The predicted molar refractivity (Wildman–Crippen MR) is 84.9 cm³/mol. The maximum Gasteiger partial charge on any atom is 0.326 e. The zero-order valence-electron chi connectivity index (χ0n) is 12.9. The van der Waals surface area contributed by atoms with E-state index in [0.29, 0.717) is 25.9 Å². The molecule has 0 heterocycles. The number of carbonyl (C=O) groups excluding carboxylic acids is 1. The number of para-hydroxylation sites is 1. The topological polar surface area (TPSA) is 75.6 Å². The summed E-state index contributed by atoms with van der Waals surface area (Å²) in [6.07, 6.45) is 3.31. The molecular weight excluding hydrogens is 282 g/mol. The lowest BCUT2D eigenvalue weighted by Crippen LogP contribution is -2.40. The second kappa shape index (κ2) is 9.60. The van der Waals surface area contributed by atoms with Crippen molar-refractivity contribution in [3.8, 4) is 5.75 Å². The Morgan fingerprint density at radius 1 is 1.41 bits per heavy atom. The lowest BCUT2D eigenvalue weighted by molar-refractivity contribution is -0.142. The zero-order valence-corrected chi connectivity index (χ0v) is 12.9. The van der Waals surface area contributed by atoms with E-state index in [1.165, 1.54) is 0 Å². The van der Waals surface area contributed by atoms with Crippen LogP contribution < -0.4 is 10.1 Å². The van der Waals surface area contributed by atoms with E-state index in [2.05, 4.69) is 11.9 Å². The van der Waals surface area contributed by atoms with Crippen LogP contribution in [0.25, 0.3) is 0 Å². The van der Waals surface area contributed by atoms with Crippen molar-refractivity contribution in [2.45, 2.75) is 38.6 Å². The summed E-state index contributed by atoms with van der Waals surface area (Å²) in [5.41, 5.74) is 1.04. The molecule has 0 aliphatic carbocycles. The summed E-state index contributed by atoms with van der Waals surface area (Å²) in [4.78, 5) is 22.8. The normalized spacial score (nSPS) is 11.5. The quantitative estimate of drug-likeness (QED) is 0.515. The molecule has 2 N–H and O–H groups in total. The number of ether oxygens (including phenoxy) is 1. The third kappa shape index (κ3) is 6.43. The van der Waals surface area contributed by atoms with Crippen LogP contribution in [0.4, 0.5) is 0 Å². The van der Waals surface area contributed by atoms with Gasteiger partial charge in [0, 0.05) is 6.42 Å². The molecule has 1 rings (SSSR count). The Morgan fingerprint density at radius 3 is 2.77 bits per heavy atom. The summed E-state index contributed by atoms with van der Waals surface area (Å²) in [5.74, 6) is -0.492. The van der Waals surface area contributed by atoms with Crippen molar-refractivity contribution >= 4 is 11.9 Å². The minimum absolute atomic E-state index is 0.240. The molecule has 1 atom stereocenters. The number of amides is 1. The minimum Gasteiger partial charge on any atom is -0.493 e. The Morgan fingerprint density at radius 2 is 2.14 bits per heavy atom. The third-order valence-electron chi connectivity index (χ3n) is 3.19. The molecule has 0 saturated carbocycles. The van der Waals surface area contributed by atoms with E-state index in [4.69, 9.17) is 9.84 Å². The fourth-order valence-electron chi connectivity index (χ4n) is 1.94. The molecule has 1 aromatic rings. The molecule has 0 aliphatic heterocycles. The van der Waals surface area contributed by atoms with Crippen molar-refractivity contribution in [1.29, 1.82) is 0 Å². The van der Waals surface area contributed by atoms with Crippen LogP contribution in [0.3, 0.4) is 0 Å². The average Bonchev–Trinajstić information content (AvgIpc) is 2.49. The highest BCUT2D eigenvalue weighted by molar-refractivity contribution is 5.83. The maximum absolute atomic E-state index is 11.7. The van der Waals surface area contributed by atoms with Crippen molar-refractivity contribution in [3.63, 3.8) is 0 Å². The summed E-state index contributed by atoms with van der Waals surface area (Å²) in [6, 6.07) is 6.81. The Bertz CT molecular complexity index is 513. The lowest BCUT2D eigenvalue weighted by Gasteiger charge is -2.14. The molecule has 120 valence electrons. The Kier molecular flexibility index (Phi) is 7.75. The molecule has 22 heavy (non-hydrogen) atoms. The molecule has 1 amide bonds. The van der Waals surface area contributed by atoms with Gasteiger partial charge in [0.15, 0.2) is 0 Å². The molecule has 1 aromatic carbocycles. The number of allylic oxidation sites excluding steroid dienone is 1. The van der Waals surface area contributed by atoms with Gasteiger partial charge < -0.3 is 15.2 Å². The van der Waals surface area contributed by atoms with E-state index in [1.807, 2.05) is 31.2 Å². The van der Waals surface area contributed by atoms with Crippen LogP contribution >= 0.6 is 0 Å². The summed E-state index contributed by atoms with van der Waals surface area (Å²) in [7, 11) is 0. The van der Waals surface area contributed by atoms with Crippen LogP contribution in [0, 0.1) is 6.92 Å². The fraction of sp³-hybridized carbons (Fsp3) is 0.412. The molecule has 0 aliphatic rings. The van der Waals surface area contributed by atoms with E-state index in [9.17, 15) is 9.59 Å². The van der Waals surface area contributed by atoms with Crippen molar-refractivity contribution in [3.05, 3.63) is 42.5 Å². The number of benzene rings is 1. The summed E-state index contributed by atoms with van der Waals surface area (Å²) in [5, 5.41) is 11.5. The number of carbonyl (C=O) groups is 2. The predicted octanol–water partition coefficient (Wildman–Crippen LogP) is 2.69. The Hall–Kier alpha value is -2.30. The first kappa shape index (κ1) is 17.8. The number of carboxylic acids is 1. The van der Waals surface area contributed by atoms with Gasteiger partial charge in [-0.05, 0) is 37.8 Å². The highest BCUT2D eigenvalue weighted by atomic mass is 16.5. The van der Waals surface area contributed by atoms with E-state index in [1.54, 1.807) is 6.08 Å². The van der Waals surface area contributed by atoms with Gasteiger partial charge in [0.25, 0.3) is 0 Å². The van der Waals surface area contributed by atoms with Gasteiger partial charge in [0.05, 0.1) is 6.61 Å². The molecule has 1 unspecified atom stereocenters. The van der Waals surface area contributed by atoms with Crippen LogP contribution in [0.1, 0.15) is 31.2 Å². The first-order valence-corrected chi connectivity index (χ1v) is 7.36. The van der Waals surface area contributed by atoms with Crippen LogP contribution in [0.15, 0.2) is 36.9 Å². The number of carboxylic acid groups (broad SMARTS) is 1. The van der Waals surface area contributed by atoms with Gasteiger partial charge in [-0.1, -0.05) is 24.3 Å². The van der Waals surface area contributed by atoms with Crippen molar-refractivity contribution in [1.82, 2.24) is 5.32 Å². The van der Waals surface area contributed by atoms with Gasteiger partial charge in [0.2, 0.25) is 5.91 Å². The largest absolute Gasteiger partial charge is 0.493 e. The minimum atomic E-state index is -1.02. The average molecular weight is 305 g/mol. The van der Waals surface area contributed by atoms with Gasteiger partial charge in [-0.3, -0.25) is 4.79 Å². The van der Waals surface area contributed by atoms with Gasteiger partial charge in [-0.25, -0.2) is 4.79 Å². The van der Waals surface area contributed by atoms with E-state index >= 15 is 0 Å². The zero-order chi connectivity index (χ0) is 16.4. The smallest absolute Gasteiger partial charge is 0.326 e. The monoisotopic (exact) mass is 305 g/mol. The molecule has 0 saturated heterocycles. The Balaban J connectivity index is 2.29. The molecule has 5 nitrogen and oxygen atoms in total. The lowest BCUT2D eigenvalue weighted by atomic mass is 10.1. The number of rotatable bonds is 10. The first-order valence-electron chi connectivity index (χ1n) is 7.36. The second-order valence-corrected chi connectivity index (χ2v) is 5.04. The van der Waals surface area contributed by atoms with Gasteiger partial charge in [-0.2, -0.15) is 0 Å². The molecule has 0 aromatic heterocycles. The SMILES string of the molecule is C=CCCC(NC(=O)CCCOc1ccccc1C)C(=O)O. The summed E-state index contributed by atoms with van der Waals surface area (Å²) < 4.78 is 5.59. The number of hydrogen-bond acceptors (Lipinski definition) is 3. The van der Waals surface area contributed by atoms with Crippen LogP contribution in [0.2, 0.25) is 0 Å². The van der Waals surface area contributed by atoms with Crippen molar-refractivity contribution in [2.24, 2.45) is 0 Å². The van der Waals surface area contributed by atoms with Gasteiger partial charge in [-0.15, -0.1) is 6.58 Å². The molecule has 0 radical (unpaired) electrons. The highest BCUT2D eigenvalue weighted by Gasteiger charge is 2.18. The molecule has 0 fully saturated rings. The van der Waals surface area contributed by atoms with Gasteiger partial charge >= 0.3 is 5.97 Å². The molecule has 5 heteroatoms. The van der Waals surface area contributed by atoms with Crippen molar-refractivity contribution in [2.75, 3.05) is 6.61 Å². The van der Waals surface area contributed by atoms with E-state index < -0.39 is 12.0 Å². The summed E-state index contributed by atoms with van der Waals surface area (Å²) >= 11 is 0. The number of aliphatic carboxylic acids is 1.